The molecule has 1 saturated heterocycles. The molecule has 0 saturated carbocycles. The summed E-state index contributed by atoms with van der Waals surface area (Å²) in [6.45, 7) is 12.7. The minimum Gasteiger partial charge on any atom is -0.304 e. The van der Waals surface area contributed by atoms with Crippen LogP contribution >= 0.6 is 0 Å². The van der Waals surface area contributed by atoms with Gasteiger partial charge in [-0.15, -0.1) is 0 Å². The first-order valence-corrected chi connectivity index (χ1v) is 6.24. The summed E-state index contributed by atoms with van der Waals surface area (Å²) in [5, 5.41) is 0. The summed E-state index contributed by atoms with van der Waals surface area (Å²) in [5.41, 5.74) is 0. The van der Waals surface area contributed by atoms with Gasteiger partial charge in [0.05, 0.1) is 0 Å². The summed E-state index contributed by atoms with van der Waals surface area (Å²) in [6, 6.07) is 0. The van der Waals surface area contributed by atoms with Crippen LogP contribution in [0.25, 0.3) is 0 Å². The molecule has 0 atom stereocenters. The molecule has 14 heavy (non-hydrogen) atoms. The minimum atomic E-state index is 1.26. The lowest BCUT2D eigenvalue weighted by Gasteiger charge is -2.32. The Morgan fingerprint density at radius 1 is 0.929 bits per heavy atom. The van der Waals surface area contributed by atoms with Crippen LogP contribution < -0.4 is 0 Å². The molecule has 0 aromatic heterocycles. The Morgan fingerprint density at radius 3 is 2.00 bits per heavy atom. The number of rotatable bonds is 4. The van der Waals surface area contributed by atoms with Crippen molar-refractivity contribution in [3.05, 3.63) is 0 Å². The first kappa shape index (κ1) is 13.9. The van der Waals surface area contributed by atoms with Crippen molar-refractivity contribution in [2.75, 3.05) is 39.8 Å². The number of piperazine rings is 1. The van der Waals surface area contributed by atoms with Crippen LogP contribution in [0.5, 0.6) is 0 Å². The molecule has 2 nitrogen and oxygen atoms in total. The van der Waals surface area contributed by atoms with E-state index in [1.165, 1.54) is 52.0 Å². The van der Waals surface area contributed by atoms with Gasteiger partial charge in [0.25, 0.3) is 0 Å². The van der Waals surface area contributed by atoms with E-state index in [2.05, 4.69) is 23.8 Å². The molecule has 1 aliphatic rings. The lowest BCUT2D eigenvalue weighted by Crippen LogP contribution is -2.44. The Hall–Kier alpha value is -0.0800. The molecule has 0 aliphatic carbocycles. The number of unbranched alkanes of at least 4 members (excludes halogenated alkanes) is 2. The molecular formula is C12H28N2. The first-order valence-electron chi connectivity index (χ1n) is 6.24. The number of likely N-dealkylation sites (N-methyl/N-ethyl adjacent to an activating group) is 1. The van der Waals surface area contributed by atoms with E-state index in [1.54, 1.807) is 0 Å². The second kappa shape index (κ2) is 9.47. The molecule has 2 heteroatoms. The zero-order valence-corrected chi connectivity index (χ0v) is 10.6. The molecule has 1 fully saturated rings. The highest BCUT2D eigenvalue weighted by Crippen LogP contribution is 2.02. The standard InChI is InChI=1S/C10H22N2.C2H6/c1-3-4-5-6-12-9-7-11(2)8-10-12;1-2/h3-10H2,1-2H3;1-2H3. The summed E-state index contributed by atoms with van der Waals surface area (Å²) in [4.78, 5) is 5.01. The third-order valence-corrected chi connectivity index (χ3v) is 2.67. The van der Waals surface area contributed by atoms with Gasteiger partial charge < -0.3 is 9.80 Å². The van der Waals surface area contributed by atoms with Gasteiger partial charge in [-0.1, -0.05) is 33.6 Å². The van der Waals surface area contributed by atoms with Crippen LogP contribution in [-0.4, -0.2) is 49.6 Å². The van der Waals surface area contributed by atoms with Gasteiger partial charge in [-0.25, -0.2) is 0 Å². The Bertz CT molecular complexity index is 107. The highest BCUT2D eigenvalue weighted by atomic mass is 15.2. The van der Waals surface area contributed by atoms with Crippen molar-refractivity contribution in [2.45, 2.75) is 40.0 Å². The number of hydrogen-bond donors (Lipinski definition) is 0. The second-order valence-electron chi connectivity index (χ2n) is 3.85. The molecular weight excluding hydrogens is 172 g/mol. The van der Waals surface area contributed by atoms with Gasteiger partial charge in [-0.05, 0) is 20.0 Å². The van der Waals surface area contributed by atoms with E-state index in [-0.39, 0.29) is 0 Å². The maximum Gasteiger partial charge on any atom is 0.0110 e. The molecule has 0 aromatic carbocycles. The fourth-order valence-corrected chi connectivity index (χ4v) is 1.66. The maximum atomic E-state index is 2.59. The molecule has 0 radical (unpaired) electrons. The lowest BCUT2D eigenvalue weighted by molar-refractivity contribution is 0.152. The average Bonchev–Trinajstić information content (AvgIpc) is 2.24. The van der Waals surface area contributed by atoms with Crippen molar-refractivity contribution < 1.29 is 0 Å². The average molecular weight is 200 g/mol. The molecule has 1 heterocycles. The maximum absolute atomic E-state index is 2.59. The van der Waals surface area contributed by atoms with E-state index in [1.807, 2.05) is 13.8 Å². The Morgan fingerprint density at radius 2 is 1.50 bits per heavy atom. The minimum absolute atomic E-state index is 1.26. The number of nitrogens with zero attached hydrogens (tertiary/aromatic N) is 2. The summed E-state index contributed by atoms with van der Waals surface area (Å²) in [6.07, 6.45) is 4.13. The second-order valence-corrected chi connectivity index (χ2v) is 3.85. The van der Waals surface area contributed by atoms with E-state index >= 15 is 0 Å². The van der Waals surface area contributed by atoms with Gasteiger partial charge in [0.15, 0.2) is 0 Å². The third kappa shape index (κ3) is 6.39. The zero-order chi connectivity index (χ0) is 10.8. The molecule has 86 valence electrons. The predicted octanol–water partition coefficient (Wildman–Crippen LogP) is 2.45. The van der Waals surface area contributed by atoms with E-state index in [0.717, 1.165) is 0 Å². The van der Waals surface area contributed by atoms with Gasteiger partial charge in [-0.3, -0.25) is 0 Å². The molecule has 0 aromatic rings. The van der Waals surface area contributed by atoms with Crippen LogP contribution in [0.2, 0.25) is 0 Å². The van der Waals surface area contributed by atoms with Crippen molar-refractivity contribution in [2.24, 2.45) is 0 Å². The highest BCUT2D eigenvalue weighted by molar-refractivity contribution is 4.68. The Balaban J connectivity index is 0.000000791. The topological polar surface area (TPSA) is 6.48 Å². The molecule has 1 rings (SSSR count). The first-order chi connectivity index (χ1) is 6.83. The van der Waals surface area contributed by atoms with Gasteiger partial charge in [-0.2, -0.15) is 0 Å². The summed E-state index contributed by atoms with van der Waals surface area (Å²) in [5.74, 6) is 0. The smallest absolute Gasteiger partial charge is 0.0110 e. The van der Waals surface area contributed by atoms with Gasteiger partial charge in [0.1, 0.15) is 0 Å². The molecule has 0 N–H and O–H groups in total. The Kier molecular flexibility index (Phi) is 9.42. The van der Waals surface area contributed by atoms with Crippen LogP contribution in [0, 0.1) is 0 Å². The van der Waals surface area contributed by atoms with Gasteiger partial charge >= 0.3 is 0 Å². The van der Waals surface area contributed by atoms with Gasteiger partial charge in [0, 0.05) is 26.2 Å². The molecule has 0 unspecified atom stereocenters. The normalized spacial score (nSPS) is 18.9. The summed E-state index contributed by atoms with van der Waals surface area (Å²) >= 11 is 0. The highest BCUT2D eigenvalue weighted by Gasteiger charge is 2.12. The fourth-order valence-electron chi connectivity index (χ4n) is 1.66. The van der Waals surface area contributed by atoms with Crippen LogP contribution in [0.3, 0.4) is 0 Å². The molecule has 0 spiro atoms. The number of hydrogen-bond acceptors (Lipinski definition) is 2. The van der Waals surface area contributed by atoms with Crippen molar-refractivity contribution in [1.82, 2.24) is 9.80 Å². The largest absolute Gasteiger partial charge is 0.304 e. The van der Waals surface area contributed by atoms with Gasteiger partial charge in [0.2, 0.25) is 0 Å². The molecule has 1 aliphatic heterocycles. The van der Waals surface area contributed by atoms with Crippen LogP contribution in [0.4, 0.5) is 0 Å². The van der Waals surface area contributed by atoms with E-state index in [4.69, 9.17) is 0 Å². The van der Waals surface area contributed by atoms with E-state index < -0.39 is 0 Å². The third-order valence-electron chi connectivity index (χ3n) is 2.67. The van der Waals surface area contributed by atoms with Crippen LogP contribution in [0.1, 0.15) is 40.0 Å². The summed E-state index contributed by atoms with van der Waals surface area (Å²) < 4.78 is 0. The SMILES string of the molecule is CC.CCCCCN1CCN(C)CC1. The van der Waals surface area contributed by atoms with Crippen molar-refractivity contribution in [1.29, 1.82) is 0 Å². The van der Waals surface area contributed by atoms with Crippen molar-refractivity contribution in [3.63, 3.8) is 0 Å². The molecule has 0 bridgehead atoms. The monoisotopic (exact) mass is 200 g/mol. The lowest BCUT2D eigenvalue weighted by atomic mass is 10.2. The van der Waals surface area contributed by atoms with Crippen molar-refractivity contribution in [3.8, 4) is 0 Å². The quantitative estimate of drug-likeness (QED) is 0.643. The molecule has 0 amide bonds. The van der Waals surface area contributed by atoms with Crippen molar-refractivity contribution >= 4 is 0 Å². The van der Waals surface area contributed by atoms with E-state index in [0.29, 0.717) is 0 Å². The Labute approximate surface area is 90.3 Å². The van der Waals surface area contributed by atoms with E-state index in [9.17, 15) is 0 Å². The summed E-state index contributed by atoms with van der Waals surface area (Å²) in [7, 11) is 2.21. The fraction of sp³-hybridized carbons (Fsp3) is 1.00. The zero-order valence-electron chi connectivity index (χ0n) is 10.6. The van der Waals surface area contributed by atoms with Crippen LogP contribution in [-0.2, 0) is 0 Å². The van der Waals surface area contributed by atoms with Crippen LogP contribution in [0.15, 0.2) is 0 Å². The predicted molar refractivity (Wildman–Crippen MR) is 64.8 cm³/mol.